The molecule has 2 aromatic carbocycles. The van der Waals surface area contributed by atoms with E-state index in [1.807, 2.05) is 0 Å². The number of carbonyl (C=O) groups excluding carboxylic acids is 1. The molecule has 1 aliphatic heterocycles. The molecule has 1 heterocycles. The molecule has 1 aliphatic rings. The number of methoxy groups -OCH3 is 1. The number of nitrogens with zero attached hydrogens (tertiary/aromatic N) is 2. The second kappa shape index (κ2) is 11.1. The van der Waals surface area contributed by atoms with E-state index >= 15 is 13.2 Å². The van der Waals surface area contributed by atoms with Gasteiger partial charge in [-0.25, -0.2) is 4.31 Å². The summed E-state index contributed by atoms with van der Waals surface area (Å²) in [6.07, 6.45) is -11.2. The van der Waals surface area contributed by atoms with Crippen LogP contribution in [0.2, 0.25) is 0 Å². The summed E-state index contributed by atoms with van der Waals surface area (Å²) < 4.78 is 119. The van der Waals surface area contributed by atoms with Gasteiger partial charge in [0, 0.05) is 33.0 Å². The maximum absolute atomic E-state index is 15.1. The summed E-state index contributed by atoms with van der Waals surface area (Å²) >= 11 is 0. The number of ether oxygens (including phenoxy) is 2. The molecule has 39 heavy (non-hydrogen) atoms. The van der Waals surface area contributed by atoms with Crippen molar-refractivity contribution in [2.45, 2.75) is 37.2 Å². The molecule has 0 N–H and O–H groups in total. The number of carbonyl (C=O) groups is 1. The van der Waals surface area contributed by atoms with Gasteiger partial charge in [-0.05, 0) is 47.4 Å². The van der Waals surface area contributed by atoms with E-state index in [0.717, 1.165) is 44.4 Å². The molecule has 0 aliphatic carbocycles. The summed E-state index contributed by atoms with van der Waals surface area (Å²) in [6, 6.07) is 9.97. The summed E-state index contributed by atoms with van der Waals surface area (Å²) in [7, 11) is -1.54. The summed E-state index contributed by atoms with van der Waals surface area (Å²) in [5, 5.41) is 0. The topological polar surface area (TPSA) is 76.2 Å². The van der Waals surface area contributed by atoms with Gasteiger partial charge in [-0.15, -0.1) is 0 Å². The lowest BCUT2D eigenvalue weighted by molar-refractivity contribution is -0.222. The fraction of sp³-hybridized carbons (Fsp3) is 0.400. The van der Waals surface area contributed by atoms with Crippen molar-refractivity contribution in [1.82, 2.24) is 8.61 Å². The van der Waals surface area contributed by atoms with Crippen molar-refractivity contribution in [1.29, 1.82) is 0 Å². The Labute approximate surface area is 221 Å². The van der Waals surface area contributed by atoms with Crippen molar-refractivity contribution in [3.63, 3.8) is 0 Å². The Morgan fingerprint density at radius 3 is 2.00 bits per heavy atom. The number of alkyl halides is 6. The smallest absolute Gasteiger partial charge is 0.417 e. The summed E-state index contributed by atoms with van der Waals surface area (Å²) in [5.41, 5.74) is -3.72. The zero-order valence-electron chi connectivity index (χ0n) is 21.1. The van der Waals surface area contributed by atoms with E-state index in [1.54, 1.807) is 0 Å². The van der Waals surface area contributed by atoms with Crippen molar-refractivity contribution in [2.75, 3.05) is 27.8 Å². The first-order valence-corrected chi connectivity index (χ1v) is 12.9. The highest BCUT2D eigenvalue weighted by Crippen LogP contribution is 2.53. The summed E-state index contributed by atoms with van der Waals surface area (Å²) in [6.45, 7) is -0.340. The van der Waals surface area contributed by atoms with Crippen molar-refractivity contribution in [3.8, 4) is 11.5 Å². The third-order valence-corrected chi connectivity index (χ3v) is 7.99. The van der Waals surface area contributed by atoms with Crippen LogP contribution >= 0.6 is 0 Å². The van der Waals surface area contributed by atoms with E-state index in [9.17, 15) is 26.4 Å². The molecule has 214 valence electrons. The third-order valence-electron chi connectivity index (χ3n) is 6.12. The minimum absolute atomic E-state index is 0.0201. The van der Waals surface area contributed by atoms with Gasteiger partial charge in [0.25, 0.3) is 5.91 Å². The highest BCUT2D eigenvalue weighted by molar-refractivity contribution is 7.87. The van der Waals surface area contributed by atoms with E-state index in [0.29, 0.717) is 10.1 Å². The molecular weight excluding hydrogens is 554 g/mol. The van der Waals surface area contributed by atoms with Crippen LogP contribution in [0.3, 0.4) is 0 Å². The minimum atomic E-state index is -5.28. The lowest BCUT2D eigenvalue weighted by atomic mass is 9.78. The van der Waals surface area contributed by atoms with E-state index in [4.69, 9.17) is 9.47 Å². The second-order valence-corrected chi connectivity index (χ2v) is 10.9. The molecule has 0 radical (unpaired) electrons. The summed E-state index contributed by atoms with van der Waals surface area (Å²) in [4.78, 5) is 13.2. The first-order valence-electron chi connectivity index (χ1n) is 11.5. The third kappa shape index (κ3) is 6.32. The molecule has 0 saturated heterocycles. The van der Waals surface area contributed by atoms with Gasteiger partial charge >= 0.3 is 22.6 Å². The molecule has 0 saturated carbocycles. The zero-order chi connectivity index (χ0) is 29.2. The number of amides is 1. The molecule has 0 aromatic heterocycles. The number of halogens is 6. The van der Waals surface area contributed by atoms with Crippen LogP contribution in [0.5, 0.6) is 11.5 Å². The Bertz CT molecular complexity index is 1310. The van der Waals surface area contributed by atoms with Crippen LogP contribution in [-0.2, 0) is 20.5 Å². The number of rotatable bonds is 9. The molecule has 0 bridgehead atoms. The lowest BCUT2D eigenvalue weighted by Gasteiger charge is -2.47. The van der Waals surface area contributed by atoms with Gasteiger partial charge in [-0.2, -0.15) is 39.1 Å². The second-order valence-electron chi connectivity index (χ2n) is 8.92. The predicted octanol–water partition coefficient (Wildman–Crippen LogP) is 5.30. The van der Waals surface area contributed by atoms with Crippen molar-refractivity contribution in [2.24, 2.45) is 0 Å². The fourth-order valence-corrected chi connectivity index (χ4v) is 5.42. The van der Waals surface area contributed by atoms with E-state index in [-0.39, 0.29) is 34.2 Å². The van der Waals surface area contributed by atoms with Gasteiger partial charge in [-0.3, -0.25) is 4.79 Å². The molecule has 1 unspecified atom stereocenters. The average Bonchev–Trinajstić information content (AvgIpc) is 2.85. The van der Waals surface area contributed by atoms with Gasteiger partial charge in [0.05, 0.1) is 13.7 Å². The van der Waals surface area contributed by atoms with E-state index in [2.05, 4.69) is 0 Å². The van der Waals surface area contributed by atoms with Crippen molar-refractivity contribution < 1.29 is 49.0 Å². The normalized spacial score (nSPS) is 18.8. The Morgan fingerprint density at radius 2 is 1.51 bits per heavy atom. The quantitative estimate of drug-likeness (QED) is 0.298. The van der Waals surface area contributed by atoms with Gasteiger partial charge in [0.1, 0.15) is 11.5 Å². The van der Waals surface area contributed by atoms with Crippen LogP contribution in [0.25, 0.3) is 5.57 Å². The Kier molecular flexibility index (Phi) is 8.60. The molecule has 1 amide bonds. The average molecular weight is 581 g/mol. The van der Waals surface area contributed by atoms with Crippen LogP contribution in [-0.4, -0.2) is 63.1 Å². The molecule has 7 nitrogen and oxygen atoms in total. The SMILES string of the molecule is COc1ccc(C2=CC(=O)N(S(=O)(=O)N(C)C)C(c3ccc(OCCCC(F)(F)F)cc3)(C(F)(F)F)C2)cc1. The van der Waals surface area contributed by atoms with E-state index < -0.39 is 52.4 Å². The standard InChI is InChI=1S/C25H26F6N2O5S/c1-32(2)39(35,36)33-22(34)15-18(17-5-9-20(37-3)10-6-17)16-23(33,25(29,30)31)19-7-11-21(12-8-19)38-14-4-13-24(26,27)28/h5-12,15H,4,13-14,16H2,1-3H3. The minimum Gasteiger partial charge on any atom is -0.497 e. The summed E-state index contributed by atoms with van der Waals surface area (Å²) in [5.74, 6) is -0.995. The molecule has 1 atom stereocenters. The first kappa shape index (κ1) is 30.3. The maximum Gasteiger partial charge on any atom is 0.417 e. The Morgan fingerprint density at radius 1 is 0.949 bits per heavy atom. The van der Waals surface area contributed by atoms with Crippen LogP contribution in [0.4, 0.5) is 26.3 Å². The zero-order valence-corrected chi connectivity index (χ0v) is 22.0. The van der Waals surface area contributed by atoms with Crippen LogP contribution < -0.4 is 9.47 Å². The van der Waals surface area contributed by atoms with Gasteiger partial charge < -0.3 is 9.47 Å². The lowest BCUT2D eigenvalue weighted by Crippen LogP contribution is -2.63. The highest BCUT2D eigenvalue weighted by Gasteiger charge is 2.66. The van der Waals surface area contributed by atoms with Gasteiger partial charge in [-0.1, -0.05) is 24.3 Å². The molecule has 0 fully saturated rings. The van der Waals surface area contributed by atoms with E-state index in [1.165, 1.54) is 31.4 Å². The first-order chi connectivity index (χ1) is 18.0. The van der Waals surface area contributed by atoms with Gasteiger partial charge in [0.15, 0.2) is 5.54 Å². The predicted molar refractivity (Wildman–Crippen MR) is 130 cm³/mol. The largest absolute Gasteiger partial charge is 0.497 e. The van der Waals surface area contributed by atoms with Crippen molar-refractivity contribution >= 4 is 21.7 Å². The molecule has 0 spiro atoms. The number of hydrogen-bond donors (Lipinski definition) is 0. The van der Waals surface area contributed by atoms with Crippen LogP contribution in [0.1, 0.15) is 30.4 Å². The number of benzene rings is 2. The molecule has 3 rings (SSSR count). The Hall–Kier alpha value is -3.26. The number of hydrogen-bond acceptors (Lipinski definition) is 5. The fourth-order valence-electron chi connectivity index (χ4n) is 4.15. The molecular formula is C25H26F6N2O5S. The monoisotopic (exact) mass is 580 g/mol. The van der Waals surface area contributed by atoms with Gasteiger partial charge in [0.2, 0.25) is 0 Å². The Balaban J connectivity index is 2.11. The van der Waals surface area contributed by atoms with Crippen LogP contribution in [0, 0.1) is 0 Å². The van der Waals surface area contributed by atoms with Crippen molar-refractivity contribution in [3.05, 3.63) is 65.7 Å². The molecule has 14 heteroatoms. The van der Waals surface area contributed by atoms with Crippen LogP contribution in [0.15, 0.2) is 54.6 Å². The molecule has 2 aromatic rings. The maximum atomic E-state index is 15.1. The highest BCUT2D eigenvalue weighted by atomic mass is 32.2.